The molecule has 1 aliphatic heterocycles. The highest BCUT2D eigenvalue weighted by molar-refractivity contribution is 9.10. The number of amides is 1. The van der Waals surface area contributed by atoms with Gasteiger partial charge in [-0.25, -0.2) is 0 Å². The molecule has 1 amide bonds. The maximum absolute atomic E-state index is 13.1. The fourth-order valence-corrected chi connectivity index (χ4v) is 3.78. The Morgan fingerprint density at radius 3 is 2.48 bits per heavy atom. The molecule has 4 rings (SSSR count). The molecule has 0 unspecified atom stereocenters. The molecule has 0 N–H and O–H groups in total. The van der Waals surface area contributed by atoms with E-state index in [9.17, 15) is 4.79 Å². The highest BCUT2D eigenvalue weighted by atomic mass is 79.9. The van der Waals surface area contributed by atoms with Crippen molar-refractivity contribution in [2.75, 3.05) is 11.4 Å². The van der Waals surface area contributed by atoms with Gasteiger partial charge in [-0.05, 0) is 42.3 Å². The second-order valence-electron chi connectivity index (χ2n) is 6.98. The van der Waals surface area contributed by atoms with Crippen LogP contribution in [0.1, 0.15) is 30.0 Å². The summed E-state index contributed by atoms with van der Waals surface area (Å²) in [5.74, 6) is 0.818. The first kappa shape index (κ1) is 19.5. The topological polar surface area (TPSA) is 29.5 Å². The number of halogens is 1. The number of fused-ring (bicyclic) bond motifs is 1. The predicted molar refractivity (Wildman–Crippen MR) is 122 cm³/mol. The van der Waals surface area contributed by atoms with Crippen LogP contribution in [0.2, 0.25) is 0 Å². The van der Waals surface area contributed by atoms with Crippen molar-refractivity contribution in [2.24, 2.45) is 0 Å². The fourth-order valence-electron chi connectivity index (χ4n) is 3.52. The largest absolute Gasteiger partial charge is 0.488 e. The van der Waals surface area contributed by atoms with Crippen molar-refractivity contribution < 1.29 is 9.53 Å². The number of ether oxygens (including phenoxy) is 1. The number of anilines is 1. The van der Waals surface area contributed by atoms with Crippen LogP contribution in [-0.4, -0.2) is 12.5 Å². The van der Waals surface area contributed by atoms with E-state index in [1.807, 2.05) is 83.8 Å². The third kappa shape index (κ3) is 4.13. The van der Waals surface area contributed by atoms with Crippen molar-refractivity contribution in [3.63, 3.8) is 0 Å². The minimum absolute atomic E-state index is 0.0516. The highest BCUT2D eigenvalue weighted by Gasteiger charge is 2.31. The number of nitrogens with zero attached hydrogens (tertiary/aromatic N) is 1. The zero-order chi connectivity index (χ0) is 20.2. The maximum atomic E-state index is 13.1. The molecule has 0 aromatic heterocycles. The molecule has 0 aliphatic carbocycles. The van der Waals surface area contributed by atoms with Crippen molar-refractivity contribution >= 4 is 39.2 Å². The molecular formula is C25H22BrNO2. The van der Waals surface area contributed by atoms with Gasteiger partial charge < -0.3 is 9.64 Å². The van der Waals surface area contributed by atoms with Crippen LogP contribution in [0, 0.1) is 0 Å². The normalized spacial score (nSPS) is 14.3. The minimum atomic E-state index is 0.0516. The molecule has 146 valence electrons. The number of hydrogen-bond donors (Lipinski definition) is 0. The molecule has 3 aromatic rings. The lowest BCUT2D eigenvalue weighted by Crippen LogP contribution is -2.26. The minimum Gasteiger partial charge on any atom is -0.488 e. The quantitative estimate of drug-likeness (QED) is 0.413. The van der Waals surface area contributed by atoms with Crippen molar-refractivity contribution in [3.8, 4) is 5.75 Å². The molecule has 0 saturated carbocycles. The van der Waals surface area contributed by atoms with Crippen LogP contribution in [0.3, 0.4) is 0 Å². The van der Waals surface area contributed by atoms with Gasteiger partial charge in [0.05, 0.1) is 5.69 Å². The van der Waals surface area contributed by atoms with Gasteiger partial charge in [0.1, 0.15) is 12.4 Å². The van der Waals surface area contributed by atoms with Gasteiger partial charge in [-0.1, -0.05) is 71.4 Å². The van der Waals surface area contributed by atoms with Gasteiger partial charge >= 0.3 is 0 Å². The smallest absolute Gasteiger partial charge is 0.258 e. The molecule has 0 fully saturated rings. The third-order valence-electron chi connectivity index (χ3n) is 4.93. The van der Waals surface area contributed by atoms with Gasteiger partial charge in [0.15, 0.2) is 0 Å². The van der Waals surface area contributed by atoms with Crippen LogP contribution >= 0.6 is 15.9 Å². The molecule has 1 aliphatic rings. The average Bonchev–Trinajstić information content (AvgIpc) is 3.01. The lowest BCUT2D eigenvalue weighted by atomic mass is 10.0. The van der Waals surface area contributed by atoms with Gasteiger partial charge in [0, 0.05) is 27.7 Å². The summed E-state index contributed by atoms with van der Waals surface area (Å²) in [4.78, 5) is 15.0. The van der Waals surface area contributed by atoms with Crippen LogP contribution in [0.15, 0.2) is 77.3 Å². The molecule has 0 atom stereocenters. The van der Waals surface area contributed by atoms with E-state index in [2.05, 4.69) is 22.9 Å². The zero-order valence-corrected chi connectivity index (χ0v) is 17.9. The van der Waals surface area contributed by atoms with Gasteiger partial charge in [0.25, 0.3) is 5.91 Å². The predicted octanol–water partition coefficient (Wildman–Crippen LogP) is 6.33. The summed E-state index contributed by atoms with van der Waals surface area (Å²) in [5.41, 5.74) is 4.68. The molecule has 3 aromatic carbocycles. The molecule has 3 nitrogen and oxygen atoms in total. The third-order valence-corrected chi connectivity index (χ3v) is 5.46. The molecule has 29 heavy (non-hydrogen) atoms. The molecule has 1 heterocycles. The Hall–Kier alpha value is -2.85. The van der Waals surface area contributed by atoms with Crippen molar-refractivity contribution in [2.45, 2.75) is 20.0 Å². The Kier molecular flexibility index (Phi) is 5.81. The van der Waals surface area contributed by atoms with E-state index in [1.165, 1.54) is 0 Å². The van der Waals surface area contributed by atoms with E-state index in [4.69, 9.17) is 4.74 Å². The van der Waals surface area contributed by atoms with E-state index in [0.29, 0.717) is 12.2 Å². The number of para-hydroxylation sites is 2. The summed E-state index contributed by atoms with van der Waals surface area (Å²) in [5, 5.41) is 0. The van der Waals surface area contributed by atoms with Crippen LogP contribution in [0.25, 0.3) is 11.6 Å². The zero-order valence-electron chi connectivity index (χ0n) is 16.3. The molecule has 0 spiro atoms. The Morgan fingerprint density at radius 1 is 0.966 bits per heavy atom. The Morgan fingerprint density at radius 2 is 1.69 bits per heavy atom. The first-order valence-electron chi connectivity index (χ1n) is 9.76. The Labute approximate surface area is 179 Å². The Balaban J connectivity index is 1.64. The fraction of sp³-hybridized carbons (Fsp3) is 0.160. The van der Waals surface area contributed by atoms with Gasteiger partial charge in [-0.2, -0.15) is 0 Å². The highest BCUT2D eigenvalue weighted by Crippen LogP contribution is 2.38. The summed E-state index contributed by atoms with van der Waals surface area (Å²) in [6.07, 6.45) is 2.87. The second kappa shape index (κ2) is 8.66. The molecule has 0 saturated heterocycles. The lowest BCUT2D eigenvalue weighted by Gasteiger charge is -2.15. The summed E-state index contributed by atoms with van der Waals surface area (Å²) >= 11 is 3.45. The lowest BCUT2D eigenvalue weighted by molar-refractivity contribution is -0.113. The Bertz CT molecular complexity index is 1060. The summed E-state index contributed by atoms with van der Waals surface area (Å²) < 4.78 is 7.13. The first-order valence-corrected chi connectivity index (χ1v) is 10.6. The number of carbonyl (C=O) groups is 1. The van der Waals surface area contributed by atoms with Crippen LogP contribution in [-0.2, 0) is 11.4 Å². The van der Waals surface area contributed by atoms with E-state index in [0.717, 1.165) is 45.6 Å². The average molecular weight is 448 g/mol. The van der Waals surface area contributed by atoms with Crippen molar-refractivity contribution in [1.82, 2.24) is 0 Å². The van der Waals surface area contributed by atoms with Crippen LogP contribution in [0.5, 0.6) is 5.75 Å². The number of rotatable bonds is 6. The molecular weight excluding hydrogens is 426 g/mol. The second-order valence-corrected chi connectivity index (χ2v) is 7.90. The first-order chi connectivity index (χ1) is 14.2. The molecule has 0 radical (unpaired) electrons. The maximum Gasteiger partial charge on any atom is 0.258 e. The van der Waals surface area contributed by atoms with E-state index < -0.39 is 0 Å². The van der Waals surface area contributed by atoms with Crippen LogP contribution < -0.4 is 9.64 Å². The van der Waals surface area contributed by atoms with Gasteiger partial charge in [-0.3, -0.25) is 4.79 Å². The number of carbonyl (C=O) groups excluding carboxylic acids is 1. The SMILES string of the molecule is CCCN1C(=O)/C(=C\c2ccccc2OCc2ccc(Br)cc2)c2ccccc21. The van der Waals surface area contributed by atoms with E-state index in [1.54, 1.807) is 0 Å². The van der Waals surface area contributed by atoms with E-state index >= 15 is 0 Å². The van der Waals surface area contributed by atoms with E-state index in [-0.39, 0.29) is 5.91 Å². The monoisotopic (exact) mass is 447 g/mol. The van der Waals surface area contributed by atoms with Crippen molar-refractivity contribution in [1.29, 1.82) is 0 Å². The molecule has 4 heteroatoms. The number of benzene rings is 3. The van der Waals surface area contributed by atoms with Crippen LogP contribution in [0.4, 0.5) is 5.69 Å². The number of hydrogen-bond acceptors (Lipinski definition) is 2. The standard InChI is InChI=1S/C25H22BrNO2/c1-2-15-27-23-9-5-4-8-21(23)22(25(27)28)16-19-7-3-6-10-24(19)29-17-18-11-13-20(26)14-12-18/h3-14,16H,2,15,17H2,1H3/b22-16-. The molecule has 0 bridgehead atoms. The van der Waals surface area contributed by atoms with Gasteiger partial charge in [-0.15, -0.1) is 0 Å². The van der Waals surface area contributed by atoms with Gasteiger partial charge in [0.2, 0.25) is 0 Å². The summed E-state index contributed by atoms with van der Waals surface area (Å²) in [6.45, 7) is 3.28. The van der Waals surface area contributed by atoms with Crippen molar-refractivity contribution in [3.05, 3.63) is 94.0 Å². The summed E-state index contributed by atoms with van der Waals surface area (Å²) in [6, 6.07) is 23.9. The summed E-state index contributed by atoms with van der Waals surface area (Å²) in [7, 11) is 0.